The van der Waals surface area contributed by atoms with Crippen molar-refractivity contribution in [1.29, 1.82) is 0 Å². The van der Waals surface area contributed by atoms with Gasteiger partial charge in [0.05, 0.1) is 0 Å². The number of Topliss-reactive ketones (excluding diaryl/α,β-unsaturated/α-hetero) is 1. The molecule has 0 spiro atoms. The highest BCUT2D eigenvalue weighted by Gasteiger charge is 2.16. The third-order valence-corrected chi connectivity index (χ3v) is 3.49. The minimum atomic E-state index is -0.758. The van der Waals surface area contributed by atoms with Crippen molar-refractivity contribution in [2.75, 3.05) is 6.61 Å². The lowest BCUT2D eigenvalue weighted by molar-refractivity contribution is 0.0440. The first-order valence-corrected chi connectivity index (χ1v) is 7.84. The molecule has 5 nitrogen and oxygen atoms in total. The summed E-state index contributed by atoms with van der Waals surface area (Å²) in [7, 11) is 0. The normalized spacial score (nSPS) is 10.3. The van der Waals surface area contributed by atoms with Crippen molar-refractivity contribution >= 4 is 11.8 Å². The average molecular weight is 354 g/mol. The van der Waals surface area contributed by atoms with Crippen molar-refractivity contribution < 1.29 is 27.9 Å². The van der Waals surface area contributed by atoms with Crippen molar-refractivity contribution in [1.82, 2.24) is 0 Å². The SMILES string of the molecule is O=C(COC(=O)c1ccc(COc2ccccc2)o1)c1ccc(F)cc1. The number of para-hydroxylation sites is 1. The maximum Gasteiger partial charge on any atom is 0.374 e. The van der Waals surface area contributed by atoms with E-state index in [-0.39, 0.29) is 17.9 Å². The molecular weight excluding hydrogens is 339 g/mol. The van der Waals surface area contributed by atoms with Crippen LogP contribution in [0.2, 0.25) is 0 Å². The van der Waals surface area contributed by atoms with Crippen LogP contribution in [0.4, 0.5) is 4.39 Å². The van der Waals surface area contributed by atoms with Crippen molar-refractivity contribution in [3.63, 3.8) is 0 Å². The molecule has 3 rings (SSSR count). The molecule has 0 aliphatic heterocycles. The van der Waals surface area contributed by atoms with Crippen molar-refractivity contribution in [3.05, 3.63) is 89.6 Å². The maximum atomic E-state index is 12.8. The third kappa shape index (κ3) is 4.57. The van der Waals surface area contributed by atoms with Crippen molar-refractivity contribution in [3.8, 4) is 5.75 Å². The topological polar surface area (TPSA) is 65.7 Å². The lowest BCUT2D eigenvalue weighted by Gasteiger charge is -2.04. The smallest absolute Gasteiger partial charge is 0.374 e. The highest BCUT2D eigenvalue weighted by Crippen LogP contribution is 2.14. The van der Waals surface area contributed by atoms with E-state index in [1.807, 2.05) is 18.2 Å². The standard InChI is InChI=1S/C20H15FO5/c21-15-8-6-14(7-9-15)18(22)13-25-20(23)19-11-10-17(26-19)12-24-16-4-2-1-3-5-16/h1-11H,12-13H2. The van der Waals surface area contributed by atoms with Crippen LogP contribution in [0, 0.1) is 5.82 Å². The molecule has 1 aromatic heterocycles. The monoisotopic (exact) mass is 354 g/mol. The Bertz CT molecular complexity index is 884. The predicted molar refractivity (Wildman–Crippen MR) is 90.5 cm³/mol. The van der Waals surface area contributed by atoms with E-state index in [4.69, 9.17) is 13.9 Å². The fraction of sp³-hybridized carbons (Fsp3) is 0.100. The van der Waals surface area contributed by atoms with E-state index in [0.29, 0.717) is 11.5 Å². The first-order chi connectivity index (χ1) is 12.6. The second kappa shape index (κ2) is 8.11. The van der Waals surface area contributed by atoms with E-state index in [0.717, 1.165) is 0 Å². The quantitative estimate of drug-likeness (QED) is 0.473. The largest absolute Gasteiger partial charge is 0.486 e. The van der Waals surface area contributed by atoms with Gasteiger partial charge in [0.1, 0.15) is 23.9 Å². The van der Waals surface area contributed by atoms with Crippen LogP contribution in [-0.2, 0) is 11.3 Å². The number of rotatable bonds is 7. The zero-order chi connectivity index (χ0) is 18.4. The number of ether oxygens (including phenoxy) is 2. The van der Waals surface area contributed by atoms with Gasteiger partial charge in [-0.3, -0.25) is 4.79 Å². The van der Waals surface area contributed by atoms with Crippen LogP contribution >= 0.6 is 0 Å². The molecule has 0 aliphatic rings. The molecule has 2 aromatic carbocycles. The number of benzene rings is 2. The second-order valence-corrected chi connectivity index (χ2v) is 5.37. The van der Waals surface area contributed by atoms with Crippen LogP contribution < -0.4 is 4.74 Å². The van der Waals surface area contributed by atoms with Gasteiger partial charge in [-0.05, 0) is 48.5 Å². The summed E-state index contributed by atoms with van der Waals surface area (Å²) in [5.41, 5.74) is 0.260. The zero-order valence-electron chi connectivity index (χ0n) is 13.7. The first kappa shape index (κ1) is 17.4. The Morgan fingerprint density at radius 3 is 2.38 bits per heavy atom. The van der Waals surface area contributed by atoms with Crippen LogP contribution in [0.5, 0.6) is 5.75 Å². The Kier molecular flexibility index (Phi) is 5.43. The second-order valence-electron chi connectivity index (χ2n) is 5.37. The summed E-state index contributed by atoms with van der Waals surface area (Å²) < 4.78 is 28.7. The highest BCUT2D eigenvalue weighted by atomic mass is 19.1. The molecule has 0 N–H and O–H groups in total. The molecule has 0 unspecified atom stereocenters. The van der Waals surface area contributed by atoms with Crippen LogP contribution in [-0.4, -0.2) is 18.4 Å². The van der Waals surface area contributed by atoms with Gasteiger partial charge in [-0.2, -0.15) is 0 Å². The molecule has 0 saturated carbocycles. The van der Waals surface area contributed by atoms with E-state index < -0.39 is 24.2 Å². The highest BCUT2D eigenvalue weighted by molar-refractivity contribution is 5.98. The summed E-state index contributed by atoms with van der Waals surface area (Å²) >= 11 is 0. The van der Waals surface area contributed by atoms with Gasteiger partial charge in [-0.1, -0.05) is 18.2 Å². The Balaban J connectivity index is 1.51. The zero-order valence-corrected chi connectivity index (χ0v) is 13.7. The Morgan fingerprint density at radius 2 is 1.65 bits per heavy atom. The van der Waals surface area contributed by atoms with E-state index in [2.05, 4.69) is 0 Å². The van der Waals surface area contributed by atoms with E-state index >= 15 is 0 Å². The summed E-state index contributed by atoms with van der Waals surface area (Å²) in [6.07, 6.45) is 0. The fourth-order valence-corrected chi connectivity index (χ4v) is 2.16. The molecule has 0 atom stereocenters. The number of carbonyl (C=O) groups is 2. The minimum absolute atomic E-state index is 0.0245. The average Bonchev–Trinajstić information content (AvgIpc) is 3.15. The molecule has 0 saturated heterocycles. The Morgan fingerprint density at radius 1 is 0.923 bits per heavy atom. The molecule has 0 bridgehead atoms. The van der Waals surface area contributed by atoms with Gasteiger partial charge in [0.15, 0.2) is 12.4 Å². The van der Waals surface area contributed by atoms with Crippen LogP contribution in [0.1, 0.15) is 26.7 Å². The lowest BCUT2D eigenvalue weighted by atomic mass is 10.1. The molecule has 6 heteroatoms. The summed E-state index contributed by atoms with van der Waals surface area (Å²) in [4.78, 5) is 23.9. The number of halogens is 1. The van der Waals surface area contributed by atoms with E-state index in [9.17, 15) is 14.0 Å². The molecular formula is C20H15FO5. The number of carbonyl (C=O) groups excluding carboxylic acids is 2. The van der Waals surface area contributed by atoms with Crippen LogP contribution in [0.3, 0.4) is 0 Å². The molecule has 0 fully saturated rings. The van der Waals surface area contributed by atoms with Crippen LogP contribution in [0.15, 0.2) is 71.1 Å². The molecule has 0 amide bonds. The molecule has 0 aliphatic carbocycles. The number of furan rings is 1. The van der Waals surface area contributed by atoms with Gasteiger partial charge < -0.3 is 13.9 Å². The minimum Gasteiger partial charge on any atom is -0.486 e. The van der Waals surface area contributed by atoms with Crippen molar-refractivity contribution in [2.45, 2.75) is 6.61 Å². The first-order valence-electron chi connectivity index (χ1n) is 7.84. The number of ketones is 1. The van der Waals surface area contributed by atoms with Gasteiger partial charge in [0, 0.05) is 5.56 Å². The van der Waals surface area contributed by atoms with Crippen molar-refractivity contribution in [2.24, 2.45) is 0 Å². The lowest BCUT2D eigenvalue weighted by Crippen LogP contribution is -2.13. The summed E-state index contributed by atoms with van der Waals surface area (Å²) in [5.74, 6) is -0.532. The number of hydrogen-bond acceptors (Lipinski definition) is 5. The summed E-state index contributed by atoms with van der Waals surface area (Å²) in [6, 6.07) is 17.2. The fourth-order valence-electron chi connectivity index (χ4n) is 2.16. The number of hydrogen-bond donors (Lipinski definition) is 0. The van der Waals surface area contributed by atoms with Crippen LogP contribution in [0.25, 0.3) is 0 Å². The molecule has 3 aromatic rings. The summed E-state index contributed by atoms with van der Waals surface area (Å²) in [6.45, 7) is -0.299. The Labute approximate surface area is 149 Å². The van der Waals surface area contributed by atoms with Gasteiger partial charge >= 0.3 is 5.97 Å². The molecule has 0 radical (unpaired) electrons. The van der Waals surface area contributed by atoms with E-state index in [1.54, 1.807) is 18.2 Å². The van der Waals surface area contributed by atoms with Gasteiger partial charge in [-0.25, -0.2) is 9.18 Å². The molecule has 132 valence electrons. The maximum absolute atomic E-state index is 12.8. The predicted octanol–water partition coefficient (Wildman–Crippen LogP) is 4.04. The van der Waals surface area contributed by atoms with Gasteiger partial charge in [0.2, 0.25) is 5.76 Å². The third-order valence-electron chi connectivity index (χ3n) is 3.49. The number of esters is 1. The molecule has 1 heterocycles. The summed E-state index contributed by atoms with van der Waals surface area (Å²) in [5, 5.41) is 0. The Hall–Kier alpha value is -3.41. The van der Waals surface area contributed by atoms with Gasteiger partial charge in [0.25, 0.3) is 0 Å². The van der Waals surface area contributed by atoms with E-state index in [1.165, 1.54) is 30.3 Å². The van der Waals surface area contributed by atoms with Gasteiger partial charge in [-0.15, -0.1) is 0 Å². The molecule has 26 heavy (non-hydrogen) atoms.